The Morgan fingerprint density at radius 3 is 3.06 bits per heavy atom. The first kappa shape index (κ1) is 11.5. The van der Waals surface area contributed by atoms with E-state index in [1.807, 2.05) is 26.2 Å². The first-order valence-corrected chi connectivity index (χ1v) is 5.86. The van der Waals surface area contributed by atoms with Crippen molar-refractivity contribution in [2.45, 2.75) is 25.8 Å². The van der Waals surface area contributed by atoms with Crippen molar-refractivity contribution < 1.29 is 4.74 Å². The molecule has 2 rings (SSSR count). The van der Waals surface area contributed by atoms with Crippen LogP contribution in [0, 0.1) is 12.8 Å². The van der Waals surface area contributed by atoms with Crippen LogP contribution in [0.1, 0.15) is 30.4 Å². The maximum Gasteiger partial charge on any atom is 0.125 e. The molecule has 88 valence electrons. The lowest BCUT2D eigenvalue weighted by atomic mass is 9.91. The zero-order valence-corrected chi connectivity index (χ0v) is 9.94. The summed E-state index contributed by atoms with van der Waals surface area (Å²) in [5.41, 5.74) is 1.07. The molecular formula is C12H19N3O. The van der Waals surface area contributed by atoms with Crippen LogP contribution in [0.2, 0.25) is 0 Å². The van der Waals surface area contributed by atoms with Gasteiger partial charge in [0.05, 0.1) is 18.3 Å². The number of rotatable bonds is 3. The summed E-state index contributed by atoms with van der Waals surface area (Å²) in [6.45, 7) is 3.65. The predicted octanol–water partition coefficient (Wildman–Crippen LogP) is 1.47. The zero-order chi connectivity index (χ0) is 11.4. The Hall–Kier alpha value is -1.00. The van der Waals surface area contributed by atoms with Crippen molar-refractivity contribution in [2.75, 3.05) is 20.3 Å². The van der Waals surface area contributed by atoms with Gasteiger partial charge in [0.1, 0.15) is 5.82 Å². The summed E-state index contributed by atoms with van der Waals surface area (Å²) in [5.74, 6) is 1.35. The Morgan fingerprint density at radius 1 is 1.56 bits per heavy atom. The molecule has 0 radical (unpaired) electrons. The van der Waals surface area contributed by atoms with E-state index in [9.17, 15) is 0 Å². The quantitative estimate of drug-likeness (QED) is 0.839. The molecule has 4 heteroatoms. The van der Waals surface area contributed by atoms with Gasteiger partial charge >= 0.3 is 0 Å². The Bertz CT molecular complexity index is 337. The van der Waals surface area contributed by atoms with Crippen LogP contribution < -0.4 is 5.32 Å². The number of nitrogens with zero attached hydrogens (tertiary/aromatic N) is 2. The summed E-state index contributed by atoms with van der Waals surface area (Å²) >= 11 is 0. The van der Waals surface area contributed by atoms with E-state index in [1.54, 1.807) is 0 Å². The lowest BCUT2D eigenvalue weighted by molar-refractivity contribution is 0.0395. The average Bonchev–Trinajstić information content (AvgIpc) is 2.31. The van der Waals surface area contributed by atoms with Crippen LogP contribution in [-0.2, 0) is 4.74 Å². The van der Waals surface area contributed by atoms with Crippen molar-refractivity contribution in [3.05, 3.63) is 23.8 Å². The van der Waals surface area contributed by atoms with Gasteiger partial charge in [0, 0.05) is 18.7 Å². The zero-order valence-electron chi connectivity index (χ0n) is 9.94. The minimum Gasteiger partial charge on any atom is -0.381 e. The van der Waals surface area contributed by atoms with Crippen molar-refractivity contribution in [3.8, 4) is 0 Å². The maximum atomic E-state index is 5.53. The number of aryl methyl sites for hydroxylation is 1. The summed E-state index contributed by atoms with van der Waals surface area (Å²) in [4.78, 5) is 8.62. The van der Waals surface area contributed by atoms with Gasteiger partial charge in [0.25, 0.3) is 0 Å². The standard InChI is InChI=1S/C12H19N3O/c1-9-14-6-5-11(15-9)12(13-2)10-4-3-7-16-8-10/h5-6,10,12-13H,3-4,7-8H2,1-2H3. The van der Waals surface area contributed by atoms with Crippen molar-refractivity contribution in [1.82, 2.24) is 15.3 Å². The topological polar surface area (TPSA) is 47.0 Å². The minimum absolute atomic E-state index is 0.280. The molecule has 1 fully saturated rings. The fourth-order valence-corrected chi connectivity index (χ4v) is 2.30. The van der Waals surface area contributed by atoms with E-state index in [0.29, 0.717) is 5.92 Å². The molecule has 2 atom stereocenters. The van der Waals surface area contributed by atoms with E-state index in [1.165, 1.54) is 6.42 Å². The van der Waals surface area contributed by atoms with Crippen molar-refractivity contribution >= 4 is 0 Å². The molecule has 0 amide bonds. The molecular weight excluding hydrogens is 202 g/mol. The Labute approximate surface area is 96.4 Å². The van der Waals surface area contributed by atoms with Gasteiger partial charge < -0.3 is 10.1 Å². The van der Waals surface area contributed by atoms with Gasteiger partial charge in [-0.1, -0.05) is 0 Å². The van der Waals surface area contributed by atoms with E-state index < -0.39 is 0 Å². The van der Waals surface area contributed by atoms with Gasteiger partial charge in [-0.15, -0.1) is 0 Å². The normalized spacial score (nSPS) is 23.0. The molecule has 1 aliphatic rings. The minimum atomic E-state index is 0.280. The highest BCUT2D eigenvalue weighted by Crippen LogP contribution is 2.27. The van der Waals surface area contributed by atoms with Gasteiger partial charge in [-0.2, -0.15) is 0 Å². The predicted molar refractivity (Wildman–Crippen MR) is 62.1 cm³/mol. The molecule has 1 saturated heterocycles. The van der Waals surface area contributed by atoms with Crippen molar-refractivity contribution in [3.63, 3.8) is 0 Å². The number of hydrogen-bond donors (Lipinski definition) is 1. The van der Waals surface area contributed by atoms with Gasteiger partial charge in [0.2, 0.25) is 0 Å². The van der Waals surface area contributed by atoms with Crippen LogP contribution in [0.15, 0.2) is 12.3 Å². The molecule has 0 saturated carbocycles. The number of nitrogens with one attached hydrogen (secondary N) is 1. The molecule has 1 N–H and O–H groups in total. The molecule has 4 nitrogen and oxygen atoms in total. The smallest absolute Gasteiger partial charge is 0.125 e. The molecule has 2 unspecified atom stereocenters. The van der Waals surface area contributed by atoms with E-state index in [4.69, 9.17) is 4.74 Å². The first-order valence-electron chi connectivity index (χ1n) is 5.86. The average molecular weight is 221 g/mol. The van der Waals surface area contributed by atoms with Gasteiger partial charge in [-0.05, 0) is 32.9 Å². The van der Waals surface area contributed by atoms with E-state index in [0.717, 1.165) is 31.2 Å². The third-order valence-electron chi connectivity index (χ3n) is 3.09. The van der Waals surface area contributed by atoms with Crippen molar-refractivity contribution in [1.29, 1.82) is 0 Å². The second kappa shape index (κ2) is 5.37. The maximum absolute atomic E-state index is 5.53. The van der Waals surface area contributed by atoms with E-state index in [-0.39, 0.29) is 6.04 Å². The molecule has 1 aliphatic heterocycles. The number of aromatic nitrogens is 2. The highest BCUT2D eigenvalue weighted by atomic mass is 16.5. The van der Waals surface area contributed by atoms with Gasteiger partial charge in [0.15, 0.2) is 0 Å². The van der Waals surface area contributed by atoms with Crippen LogP contribution >= 0.6 is 0 Å². The van der Waals surface area contributed by atoms with Crippen LogP contribution in [0.5, 0.6) is 0 Å². The van der Waals surface area contributed by atoms with Gasteiger partial charge in [-0.25, -0.2) is 9.97 Å². The molecule has 0 aliphatic carbocycles. The summed E-state index contributed by atoms with van der Waals surface area (Å²) in [6.07, 6.45) is 4.17. The highest BCUT2D eigenvalue weighted by Gasteiger charge is 2.25. The monoisotopic (exact) mass is 221 g/mol. The summed E-state index contributed by atoms with van der Waals surface area (Å²) < 4.78 is 5.53. The third kappa shape index (κ3) is 2.57. The van der Waals surface area contributed by atoms with Crippen molar-refractivity contribution in [2.24, 2.45) is 5.92 Å². The lowest BCUT2D eigenvalue weighted by Crippen LogP contribution is -2.32. The molecule has 1 aromatic rings. The summed E-state index contributed by atoms with van der Waals surface area (Å²) in [7, 11) is 1.98. The molecule has 2 heterocycles. The van der Waals surface area contributed by atoms with Crippen LogP contribution in [0.25, 0.3) is 0 Å². The summed E-state index contributed by atoms with van der Waals surface area (Å²) in [5, 5.41) is 3.34. The molecule has 16 heavy (non-hydrogen) atoms. The second-order valence-electron chi connectivity index (χ2n) is 4.27. The van der Waals surface area contributed by atoms with Crippen LogP contribution in [0.3, 0.4) is 0 Å². The SMILES string of the molecule is CNC(c1ccnc(C)n1)C1CCCOC1. The first-order chi connectivity index (χ1) is 7.81. The molecule has 0 spiro atoms. The summed E-state index contributed by atoms with van der Waals surface area (Å²) in [6, 6.07) is 2.27. The number of hydrogen-bond acceptors (Lipinski definition) is 4. The van der Waals surface area contributed by atoms with Crippen LogP contribution in [0.4, 0.5) is 0 Å². The molecule has 0 bridgehead atoms. The molecule has 0 aromatic carbocycles. The Morgan fingerprint density at radius 2 is 2.44 bits per heavy atom. The Balaban J connectivity index is 2.14. The lowest BCUT2D eigenvalue weighted by Gasteiger charge is -2.29. The Kier molecular flexibility index (Phi) is 3.85. The third-order valence-corrected chi connectivity index (χ3v) is 3.09. The fraction of sp³-hybridized carbons (Fsp3) is 0.667. The van der Waals surface area contributed by atoms with Crippen LogP contribution in [-0.4, -0.2) is 30.2 Å². The molecule has 1 aromatic heterocycles. The largest absolute Gasteiger partial charge is 0.381 e. The number of ether oxygens (including phenoxy) is 1. The second-order valence-corrected chi connectivity index (χ2v) is 4.27. The van der Waals surface area contributed by atoms with E-state index >= 15 is 0 Å². The van der Waals surface area contributed by atoms with E-state index in [2.05, 4.69) is 15.3 Å². The highest BCUT2D eigenvalue weighted by molar-refractivity contribution is 5.09. The fourth-order valence-electron chi connectivity index (χ4n) is 2.30. The van der Waals surface area contributed by atoms with Gasteiger partial charge in [-0.3, -0.25) is 0 Å².